The first kappa shape index (κ1) is 11.6. The van der Waals surface area contributed by atoms with Gasteiger partial charge in [-0.25, -0.2) is 4.79 Å². The molecule has 3 rings (SSSR count). The summed E-state index contributed by atoms with van der Waals surface area (Å²) in [5.41, 5.74) is 9.61. The van der Waals surface area contributed by atoms with Crippen molar-refractivity contribution >= 4 is 17.3 Å². The van der Waals surface area contributed by atoms with Gasteiger partial charge in [-0.2, -0.15) is 0 Å². The van der Waals surface area contributed by atoms with Crippen LogP contribution in [0.3, 0.4) is 0 Å². The first-order valence-electron chi connectivity index (χ1n) is 6.09. The van der Waals surface area contributed by atoms with Gasteiger partial charge in [-0.3, -0.25) is 0 Å². The highest BCUT2D eigenvalue weighted by atomic mass is 16.4. The van der Waals surface area contributed by atoms with Crippen LogP contribution in [-0.4, -0.2) is 11.1 Å². The number of carboxylic acid groups (broad SMARTS) is 1. The average Bonchev–Trinajstić information content (AvgIpc) is 2.82. The molecule has 4 nitrogen and oxygen atoms in total. The number of anilines is 2. The van der Waals surface area contributed by atoms with Gasteiger partial charge in [0.1, 0.15) is 0 Å². The first-order valence-corrected chi connectivity index (χ1v) is 6.09. The maximum Gasteiger partial charge on any atom is 0.337 e. The maximum atomic E-state index is 11.3. The molecule has 0 unspecified atom stereocenters. The summed E-state index contributed by atoms with van der Waals surface area (Å²) in [6.45, 7) is 1.47. The van der Waals surface area contributed by atoms with Gasteiger partial charge in [-0.15, -0.1) is 0 Å². The minimum absolute atomic E-state index is 0.257. The maximum absolute atomic E-state index is 11.3. The van der Waals surface area contributed by atoms with E-state index in [0.29, 0.717) is 5.69 Å². The predicted molar refractivity (Wildman–Crippen MR) is 74.1 cm³/mol. The van der Waals surface area contributed by atoms with E-state index in [1.165, 1.54) is 17.2 Å². The molecule has 3 N–H and O–H groups in total. The Labute approximate surface area is 111 Å². The fraction of sp³-hybridized carbons (Fsp3) is 0.133. The zero-order valence-corrected chi connectivity index (χ0v) is 10.3. The van der Waals surface area contributed by atoms with E-state index in [0.717, 1.165) is 18.8 Å². The SMILES string of the molecule is Nc1ccc(N2Cc3ccccc3C2)c(C(=O)O)c1. The lowest BCUT2D eigenvalue weighted by atomic mass is 10.1. The van der Waals surface area contributed by atoms with Crippen LogP contribution < -0.4 is 10.6 Å². The number of nitrogens with two attached hydrogens (primary N) is 1. The third-order valence-corrected chi connectivity index (χ3v) is 3.43. The van der Waals surface area contributed by atoms with Gasteiger partial charge in [0, 0.05) is 18.8 Å². The van der Waals surface area contributed by atoms with Crippen molar-refractivity contribution < 1.29 is 9.90 Å². The van der Waals surface area contributed by atoms with Crippen molar-refractivity contribution in [2.75, 3.05) is 10.6 Å². The molecule has 0 radical (unpaired) electrons. The number of hydrogen-bond donors (Lipinski definition) is 2. The van der Waals surface area contributed by atoms with E-state index < -0.39 is 5.97 Å². The number of carbonyl (C=O) groups is 1. The normalized spacial score (nSPS) is 13.4. The first-order chi connectivity index (χ1) is 9.15. The smallest absolute Gasteiger partial charge is 0.337 e. The average molecular weight is 254 g/mol. The second-order valence-corrected chi connectivity index (χ2v) is 4.71. The molecule has 4 heteroatoms. The van der Waals surface area contributed by atoms with E-state index >= 15 is 0 Å². The Bertz CT molecular complexity index is 627. The van der Waals surface area contributed by atoms with Gasteiger partial charge in [0.2, 0.25) is 0 Å². The molecule has 0 atom stereocenters. The number of fused-ring (bicyclic) bond motifs is 1. The molecule has 0 fully saturated rings. The molecule has 96 valence electrons. The number of carboxylic acids is 1. The van der Waals surface area contributed by atoms with Crippen molar-refractivity contribution in [1.29, 1.82) is 0 Å². The summed E-state index contributed by atoms with van der Waals surface area (Å²) in [5, 5.41) is 9.29. The third kappa shape index (κ3) is 2.01. The van der Waals surface area contributed by atoms with Gasteiger partial charge in [0.15, 0.2) is 0 Å². The molecule has 19 heavy (non-hydrogen) atoms. The molecule has 1 heterocycles. The fourth-order valence-corrected chi connectivity index (χ4v) is 2.50. The molecule has 2 aromatic carbocycles. The topological polar surface area (TPSA) is 66.6 Å². The molecule has 0 amide bonds. The quantitative estimate of drug-likeness (QED) is 0.808. The number of rotatable bonds is 2. The van der Waals surface area contributed by atoms with Crippen LogP contribution in [0.1, 0.15) is 21.5 Å². The molecule has 0 bridgehead atoms. The molecular formula is C15H14N2O2. The Balaban J connectivity index is 1.99. The second-order valence-electron chi connectivity index (χ2n) is 4.71. The van der Waals surface area contributed by atoms with E-state index in [1.54, 1.807) is 12.1 Å². The van der Waals surface area contributed by atoms with Gasteiger partial charge >= 0.3 is 5.97 Å². The lowest BCUT2D eigenvalue weighted by Crippen LogP contribution is -2.18. The van der Waals surface area contributed by atoms with Crippen LogP contribution in [0, 0.1) is 0 Å². The van der Waals surface area contributed by atoms with Crippen LogP contribution in [0.25, 0.3) is 0 Å². The van der Waals surface area contributed by atoms with Crippen LogP contribution in [0.4, 0.5) is 11.4 Å². The number of nitrogens with zero attached hydrogens (tertiary/aromatic N) is 1. The lowest BCUT2D eigenvalue weighted by molar-refractivity contribution is 0.0697. The standard InChI is InChI=1S/C15H14N2O2/c16-12-5-6-14(13(7-12)15(18)19)17-8-10-3-1-2-4-11(10)9-17/h1-7H,8-9,16H2,(H,18,19). The summed E-state index contributed by atoms with van der Waals surface area (Å²) in [6.07, 6.45) is 0. The minimum Gasteiger partial charge on any atom is -0.478 e. The highest BCUT2D eigenvalue weighted by Crippen LogP contribution is 2.31. The van der Waals surface area contributed by atoms with Gasteiger partial charge in [-0.05, 0) is 29.3 Å². The Kier molecular flexibility index (Phi) is 2.63. The highest BCUT2D eigenvalue weighted by molar-refractivity contribution is 5.95. The molecule has 0 spiro atoms. The van der Waals surface area contributed by atoms with Crippen LogP contribution in [0.2, 0.25) is 0 Å². The van der Waals surface area contributed by atoms with Crippen LogP contribution in [0.15, 0.2) is 42.5 Å². The summed E-state index contributed by atoms with van der Waals surface area (Å²) in [4.78, 5) is 13.4. The molecule has 0 aromatic heterocycles. The van der Waals surface area contributed by atoms with Crippen molar-refractivity contribution in [3.63, 3.8) is 0 Å². The lowest BCUT2D eigenvalue weighted by Gasteiger charge is -2.20. The van der Waals surface area contributed by atoms with Crippen molar-refractivity contribution in [3.8, 4) is 0 Å². The summed E-state index contributed by atoms with van der Waals surface area (Å²) >= 11 is 0. The Morgan fingerprint density at radius 3 is 2.32 bits per heavy atom. The molecule has 1 aliphatic rings. The zero-order chi connectivity index (χ0) is 13.4. The van der Waals surface area contributed by atoms with Crippen molar-refractivity contribution in [3.05, 3.63) is 59.2 Å². The summed E-state index contributed by atoms with van der Waals surface area (Å²) in [5.74, 6) is -0.946. The third-order valence-electron chi connectivity index (χ3n) is 3.43. The number of nitrogen functional groups attached to an aromatic ring is 1. The summed E-state index contributed by atoms with van der Waals surface area (Å²) < 4.78 is 0. The van der Waals surface area contributed by atoms with E-state index in [2.05, 4.69) is 17.0 Å². The Morgan fingerprint density at radius 2 is 1.74 bits per heavy atom. The van der Waals surface area contributed by atoms with E-state index in [9.17, 15) is 9.90 Å². The number of benzene rings is 2. The van der Waals surface area contributed by atoms with Gasteiger partial charge in [-0.1, -0.05) is 24.3 Å². The number of hydrogen-bond acceptors (Lipinski definition) is 3. The summed E-state index contributed by atoms with van der Waals surface area (Å²) in [6, 6.07) is 13.2. The van der Waals surface area contributed by atoms with Crippen molar-refractivity contribution in [2.45, 2.75) is 13.1 Å². The van der Waals surface area contributed by atoms with Gasteiger partial charge in [0.05, 0.1) is 11.3 Å². The van der Waals surface area contributed by atoms with E-state index in [-0.39, 0.29) is 5.56 Å². The molecule has 0 aliphatic carbocycles. The molecule has 0 saturated heterocycles. The van der Waals surface area contributed by atoms with Gasteiger partial charge < -0.3 is 15.7 Å². The van der Waals surface area contributed by atoms with Gasteiger partial charge in [0.25, 0.3) is 0 Å². The number of aromatic carboxylic acids is 1. The highest BCUT2D eigenvalue weighted by Gasteiger charge is 2.22. The molecule has 1 aliphatic heterocycles. The monoisotopic (exact) mass is 254 g/mol. The molecule has 0 saturated carbocycles. The predicted octanol–water partition coefficient (Wildman–Crippen LogP) is 2.49. The largest absolute Gasteiger partial charge is 0.478 e. The zero-order valence-electron chi connectivity index (χ0n) is 10.3. The molecular weight excluding hydrogens is 240 g/mol. The Morgan fingerprint density at radius 1 is 1.11 bits per heavy atom. The second kappa shape index (κ2) is 4.31. The van der Waals surface area contributed by atoms with Crippen LogP contribution in [0.5, 0.6) is 0 Å². The summed E-state index contributed by atoms with van der Waals surface area (Å²) in [7, 11) is 0. The molecule has 2 aromatic rings. The Hall–Kier alpha value is -2.49. The van der Waals surface area contributed by atoms with E-state index in [1.807, 2.05) is 12.1 Å². The van der Waals surface area contributed by atoms with Crippen molar-refractivity contribution in [2.24, 2.45) is 0 Å². The fourth-order valence-electron chi connectivity index (χ4n) is 2.50. The van der Waals surface area contributed by atoms with E-state index in [4.69, 9.17) is 5.73 Å². The minimum atomic E-state index is -0.946. The van der Waals surface area contributed by atoms with Crippen molar-refractivity contribution in [1.82, 2.24) is 0 Å². The van der Waals surface area contributed by atoms with Crippen LogP contribution in [-0.2, 0) is 13.1 Å². The van der Waals surface area contributed by atoms with Crippen LogP contribution >= 0.6 is 0 Å².